The molecule has 0 amide bonds. The highest BCUT2D eigenvalue weighted by Crippen LogP contribution is 2.26. The largest absolute Gasteiger partial charge is 0.305 e. The number of hydrogen-bond acceptors (Lipinski definition) is 2. The van der Waals surface area contributed by atoms with Crippen LogP contribution in [0.1, 0.15) is 41.8 Å². The van der Waals surface area contributed by atoms with E-state index in [0.717, 1.165) is 24.1 Å². The molecule has 20 heavy (non-hydrogen) atoms. The van der Waals surface area contributed by atoms with Crippen LogP contribution in [0.5, 0.6) is 0 Å². The van der Waals surface area contributed by atoms with E-state index in [2.05, 4.69) is 49.3 Å². The zero-order valence-corrected chi connectivity index (χ0v) is 12.3. The van der Waals surface area contributed by atoms with E-state index in [1.165, 1.54) is 11.6 Å². The molecule has 1 aromatic carbocycles. The van der Waals surface area contributed by atoms with E-state index in [1.54, 1.807) is 12.3 Å². The van der Waals surface area contributed by atoms with E-state index in [9.17, 15) is 4.39 Å². The third-order valence-corrected chi connectivity index (χ3v) is 3.40. The number of pyridine rings is 1. The maximum atomic E-state index is 14.1. The fourth-order valence-electron chi connectivity index (χ4n) is 2.32. The number of nitrogens with zero attached hydrogens (tertiary/aromatic N) is 1. The Balaban J connectivity index is 2.47. The van der Waals surface area contributed by atoms with Gasteiger partial charge < -0.3 is 5.32 Å². The van der Waals surface area contributed by atoms with Gasteiger partial charge in [0.2, 0.25) is 0 Å². The first-order chi connectivity index (χ1) is 9.63. The third-order valence-electron chi connectivity index (χ3n) is 3.40. The van der Waals surface area contributed by atoms with Gasteiger partial charge in [0.1, 0.15) is 5.82 Å². The summed E-state index contributed by atoms with van der Waals surface area (Å²) in [7, 11) is 0. The van der Waals surface area contributed by atoms with Crippen molar-refractivity contribution in [2.75, 3.05) is 6.54 Å². The Morgan fingerprint density at radius 3 is 2.75 bits per heavy atom. The number of aromatic nitrogens is 1. The van der Waals surface area contributed by atoms with Crippen LogP contribution in [0.15, 0.2) is 36.5 Å². The van der Waals surface area contributed by atoms with Gasteiger partial charge in [-0.1, -0.05) is 30.7 Å². The lowest BCUT2D eigenvalue weighted by Crippen LogP contribution is -2.25. The second kappa shape index (κ2) is 6.62. The van der Waals surface area contributed by atoms with Crippen LogP contribution in [0.3, 0.4) is 0 Å². The van der Waals surface area contributed by atoms with Crippen molar-refractivity contribution in [1.82, 2.24) is 10.3 Å². The van der Waals surface area contributed by atoms with Crippen LogP contribution in [0.4, 0.5) is 4.39 Å². The van der Waals surface area contributed by atoms with Crippen molar-refractivity contribution in [3.8, 4) is 0 Å². The first-order valence-electron chi connectivity index (χ1n) is 7.04. The van der Waals surface area contributed by atoms with E-state index < -0.39 is 0 Å². The van der Waals surface area contributed by atoms with Crippen molar-refractivity contribution in [1.29, 1.82) is 0 Å². The van der Waals surface area contributed by atoms with Crippen molar-refractivity contribution < 1.29 is 4.39 Å². The molecule has 1 atom stereocenters. The van der Waals surface area contributed by atoms with Gasteiger partial charge in [-0.2, -0.15) is 0 Å². The molecule has 2 aromatic rings. The summed E-state index contributed by atoms with van der Waals surface area (Å²) in [5, 5.41) is 3.41. The van der Waals surface area contributed by atoms with E-state index in [4.69, 9.17) is 0 Å². The molecular formula is C17H21FN2. The van der Waals surface area contributed by atoms with Gasteiger partial charge in [0, 0.05) is 6.20 Å². The minimum Gasteiger partial charge on any atom is -0.305 e. The lowest BCUT2D eigenvalue weighted by molar-refractivity contribution is 0.530. The zero-order valence-electron chi connectivity index (χ0n) is 12.3. The quantitative estimate of drug-likeness (QED) is 0.892. The van der Waals surface area contributed by atoms with Gasteiger partial charge in [0.25, 0.3) is 0 Å². The lowest BCUT2D eigenvalue weighted by atomic mass is 9.96. The van der Waals surface area contributed by atoms with E-state index >= 15 is 0 Å². The Morgan fingerprint density at radius 2 is 2.05 bits per heavy atom. The monoisotopic (exact) mass is 272 g/mol. The minimum atomic E-state index is -0.262. The van der Waals surface area contributed by atoms with Crippen molar-refractivity contribution in [3.05, 3.63) is 64.7 Å². The normalized spacial score (nSPS) is 12.4. The van der Waals surface area contributed by atoms with Gasteiger partial charge in [-0.25, -0.2) is 4.39 Å². The number of hydrogen-bond donors (Lipinski definition) is 1. The van der Waals surface area contributed by atoms with Crippen LogP contribution >= 0.6 is 0 Å². The van der Waals surface area contributed by atoms with Crippen LogP contribution in [-0.4, -0.2) is 11.5 Å². The Bertz CT molecular complexity index is 581. The standard InChI is InChI=1S/C17H21FN2/c1-4-9-19-16(17-15(18)6-5-10-20-17)14-11-12(2)7-8-13(14)3/h5-8,10-11,16,19H,4,9H2,1-3H3. The van der Waals surface area contributed by atoms with Crippen molar-refractivity contribution in [2.24, 2.45) is 0 Å². The van der Waals surface area contributed by atoms with Gasteiger partial charge in [0.15, 0.2) is 0 Å². The molecule has 3 heteroatoms. The molecule has 1 aromatic heterocycles. The summed E-state index contributed by atoms with van der Waals surface area (Å²) in [6.07, 6.45) is 2.64. The molecule has 0 bridgehead atoms. The molecule has 1 unspecified atom stereocenters. The smallest absolute Gasteiger partial charge is 0.146 e. The highest BCUT2D eigenvalue weighted by molar-refractivity contribution is 5.37. The summed E-state index contributed by atoms with van der Waals surface area (Å²) in [6.45, 7) is 7.03. The number of halogens is 1. The Hall–Kier alpha value is -1.74. The first kappa shape index (κ1) is 14.7. The van der Waals surface area contributed by atoms with Gasteiger partial charge in [-0.05, 0) is 50.1 Å². The maximum absolute atomic E-state index is 14.1. The van der Waals surface area contributed by atoms with E-state index in [1.807, 2.05) is 0 Å². The molecular weight excluding hydrogens is 251 g/mol. The highest BCUT2D eigenvalue weighted by Gasteiger charge is 2.20. The minimum absolute atomic E-state index is 0.198. The number of rotatable bonds is 5. The van der Waals surface area contributed by atoms with Crippen LogP contribution < -0.4 is 5.32 Å². The number of nitrogens with one attached hydrogen (secondary N) is 1. The molecule has 0 radical (unpaired) electrons. The predicted molar refractivity (Wildman–Crippen MR) is 80.2 cm³/mol. The summed E-state index contributed by atoms with van der Waals surface area (Å²) in [5.74, 6) is -0.262. The lowest BCUT2D eigenvalue weighted by Gasteiger charge is -2.21. The summed E-state index contributed by atoms with van der Waals surface area (Å²) < 4.78 is 14.1. The molecule has 106 valence electrons. The molecule has 2 rings (SSSR count). The molecule has 0 saturated heterocycles. The van der Waals surface area contributed by atoms with Gasteiger partial charge in [0.05, 0.1) is 11.7 Å². The van der Waals surface area contributed by atoms with Crippen LogP contribution in [-0.2, 0) is 0 Å². The average Bonchev–Trinajstić information content (AvgIpc) is 2.44. The summed E-state index contributed by atoms with van der Waals surface area (Å²) in [4.78, 5) is 4.24. The zero-order chi connectivity index (χ0) is 14.5. The van der Waals surface area contributed by atoms with Gasteiger partial charge in [-0.3, -0.25) is 4.98 Å². The van der Waals surface area contributed by atoms with Crippen LogP contribution in [0.25, 0.3) is 0 Å². The van der Waals surface area contributed by atoms with Crippen LogP contribution in [0, 0.1) is 19.7 Å². The van der Waals surface area contributed by atoms with Gasteiger partial charge in [-0.15, -0.1) is 0 Å². The molecule has 1 N–H and O–H groups in total. The molecule has 0 aliphatic heterocycles. The Morgan fingerprint density at radius 1 is 1.25 bits per heavy atom. The predicted octanol–water partition coefficient (Wildman–Crippen LogP) is 3.93. The van der Waals surface area contributed by atoms with Gasteiger partial charge >= 0.3 is 0 Å². The molecule has 1 heterocycles. The van der Waals surface area contributed by atoms with Crippen LogP contribution in [0.2, 0.25) is 0 Å². The highest BCUT2D eigenvalue weighted by atomic mass is 19.1. The Labute approximate surface area is 120 Å². The number of benzene rings is 1. The fraction of sp³-hybridized carbons (Fsp3) is 0.353. The maximum Gasteiger partial charge on any atom is 0.146 e. The summed E-state index contributed by atoms with van der Waals surface area (Å²) >= 11 is 0. The molecule has 2 nitrogen and oxygen atoms in total. The van der Waals surface area contributed by atoms with E-state index in [0.29, 0.717) is 5.69 Å². The molecule has 0 aliphatic carbocycles. The molecule has 0 saturated carbocycles. The van der Waals surface area contributed by atoms with Crippen molar-refractivity contribution in [2.45, 2.75) is 33.2 Å². The summed E-state index contributed by atoms with van der Waals surface area (Å²) in [6, 6.07) is 9.15. The molecule has 0 fully saturated rings. The van der Waals surface area contributed by atoms with Crippen molar-refractivity contribution in [3.63, 3.8) is 0 Å². The summed E-state index contributed by atoms with van der Waals surface area (Å²) in [5.41, 5.74) is 3.88. The molecule has 0 aliphatic rings. The first-order valence-corrected chi connectivity index (χ1v) is 7.04. The van der Waals surface area contributed by atoms with Crippen molar-refractivity contribution >= 4 is 0 Å². The Kier molecular flexibility index (Phi) is 4.85. The van der Waals surface area contributed by atoms with E-state index in [-0.39, 0.29) is 11.9 Å². The SMILES string of the molecule is CCCNC(c1cc(C)ccc1C)c1ncccc1F. The topological polar surface area (TPSA) is 24.9 Å². The molecule has 0 spiro atoms. The fourth-order valence-corrected chi connectivity index (χ4v) is 2.32. The second-order valence-electron chi connectivity index (χ2n) is 5.12. The average molecular weight is 272 g/mol. The second-order valence-corrected chi connectivity index (χ2v) is 5.12. The third kappa shape index (κ3) is 3.23. The number of aryl methyl sites for hydroxylation is 2.